The third-order valence-electron chi connectivity index (χ3n) is 2.80. The minimum Gasteiger partial charge on any atom is -0.384 e. The minimum absolute atomic E-state index is 0.184. The lowest BCUT2D eigenvalue weighted by molar-refractivity contribution is -0.141. The lowest BCUT2D eigenvalue weighted by Gasteiger charge is -2.35. The lowest BCUT2D eigenvalue weighted by Crippen LogP contribution is -2.51. The molecule has 90 valence electrons. The van der Waals surface area contributed by atoms with Crippen molar-refractivity contribution in [2.45, 2.75) is 25.9 Å². The van der Waals surface area contributed by atoms with Crippen LogP contribution in [0, 0.1) is 11.3 Å². The standard InChI is InChI=1S/C11H19N3O2/c1-10(15)11(16)14-8-6-13(7-9-14)5-3-2-4-12/h10,15H,2-3,5-9H2,1H3. The van der Waals surface area contributed by atoms with Crippen molar-refractivity contribution in [3.8, 4) is 6.07 Å². The van der Waals surface area contributed by atoms with Crippen molar-refractivity contribution >= 4 is 5.91 Å². The van der Waals surface area contributed by atoms with Crippen molar-refractivity contribution in [3.63, 3.8) is 0 Å². The number of hydrogen-bond acceptors (Lipinski definition) is 4. The number of nitrogens with zero attached hydrogens (tertiary/aromatic N) is 3. The summed E-state index contributed by atoms with van der Waals surface area (Å²) in [6, 6.07) is 2.12. The molecular weight excluding hydrogens is 206 g/mol. The second-order valence-corrected chi connectivity index (χ2v) is 4.10. The topological polar surface area (TPSA) is 67.6 Å². The first-order valence-electron chi connectivity index (χ1n) is 5.71. The molecule has 1 N–H and O–H groups in total. The number of hydrogen-bond donors (Lipinski definition) is 1. The molecule has 0 bridgehead atoms. The van der Waals surface area contributed by atoms with E-state index in [2.05, 4.69) is 11.0 Å². The molecule has 0 aliphatic carbocycles. The smallest absolute Gasteiger partial charge is 0.251 e. The summed E-state index contributed by atoms with van der Waals surface area (Å²) in [5.74, 6) is -0.184. The van der Waals surface area contributed by atoms with Crippen molar-refractivity contribution in [1.82, 2.24) is 9.80 Å². The molecule has 5 heteroatoms. The summed E-state index contributed by atoms with van der Waals surface area (Å²) in [7, 11) is 0. The molecule has 0 radical (unpaired) electrons. The van der Waals surface area contributed by atoms with Gasteiger partial charge in [0, 0.05) is 32.6 Å². The van der Waals surface area contributed by atoms with Gasteiger partial charge in [-0.1, -0.05) is 0 Å². The number of carbonyl (C=O) groups is 1. The highest BCUT2D eigenvalue weighted by molar-refractivity contribution is 5.80. The third-order valence-corrected chi connectivity index (χ3v) is 2.80. The van der Waals surface area contributed by atoms with E-state index in [1.165, 1.54) is 6.92 Å². The third kappa shape index (κ3) is 3.80. The highest BCUT2D eigenvalue weighted by atomic mass is 16.3. The lowest BCUT2D eigenvalue weighted by atomic mass is 10.2. The zero-order chi connectivity index (χ0) is 12.0. The molecule has 1 rings (SSSR count). The summed E-state index contributed by atoms with van der Waals surface area (Å²) in [4.78, 5) is 15.4. The van der Waals surface area contributed by atoms with Crippen LogP contribution in [0.15, 0.2) is 0 Å². The van der Waals surface area contributed by atoms with Gasteiger partial charge in [-0.25, -0.2) is 0 Å². The molecule has 0 aromatic rings. The van der Waals surface area contributed by atoms with Crippen LogP contribution in [0.25, 0.3) is 0 Å². The molecular formula is C11H19N3O2. The Morgan fingerprint density at radius 1 is 1.44 bits per heavy atom. The molecule has 0 saturated carbocycles. The molecule has 1 aliphatic rings. The van der Waals surface area contributed by atoms with Crippen LogP contribution in [0.1, 0.15) is 19.8 Å². The van der Waals surface area contributed by atoms with Gasteiger partial charge in [0.05, 0.1) is 6.07 Å². The first kappa shape index (κ1) is 12.9. The summed E-state index contributed by atoms with van der Waals surface area (Å²) in [6.45, 7) is 5.45. The highest BCUT2D eigenvalue weighted by Crippen LogP contribution is 2.05. The number of amides is 1. The van der Waals surface area contributed by atoms with Gasteiger partial charge in [-0.05, 0) is 19.9 Å². The number of unbranched alkanes of at least 4 members (excludes halogenated alkanes) is 1. The maximum absolute atomic E-state index is 11.5. The summed E-state index contributed by atoms with van der Waals surface area (Å²) in [5.41, 5.74) is 0. The number of aliphatic hydroxyl groups is 1. The molecule has 5 nitrogen and oxygen atoms in total. The van der Waals surface area contributed by atoms with Crippen LogP contribution in [0.2, 0.25) is 0 Å². The average Bonchev–Trinajstić information content (AvgIpc) is 2.29. The summed E-state index contributed by atoms with van der Waals surface area (Å²) in [5, 5.41) is 17.6. The molecule has 0 aromatic heterocycles. The van der Waals surface area contributed by atoms with Crippen LogP contribution >= 0.6 is 0 Å². The molecule has 1 fully saturated rings. The molecule has 1 aliphatic heterocycles. The van der Waals surface area contributed by atoms with E-state index in [0.717, 1.165) is 26.1 Å². The van der Waals surface area contributed by atoms with Crippen LogP contribution in [0.3, 0.4) is 0 Å². The number of piperazine rings is 1. The maximum Gasteiger partial charge on any atom is 0.251 e. The van der Waals surface area contributed by atoms with Gasteiger partial charge in [-0.15, -0.1) is 0 Å². The van der Waals surface area contributed by atoms with Gasteiger partial charge >= 0.3 is 0 Å². The van der Waals surface area contributed by atoms with E-state index < -0.39 is 6.10 Å². The van der Waals surface area contributed by atoms with Crippen molar-refractivity contribution in [3.05, 3.63) is 0 Å². The van der Waals surface area contributed by atoms with Crippen molar-refractivity contribution < 1.29 is 9.90 Å². The van der Waals surface area contributed by atoms with E-state index in [0.29, 0.717) is 19.5 Å². The van der Waals surface area contributed by atoms with Crippen LogP contribution in [-0.2, 0) is 4.79 Å². The van der Waals surface area contributed by atoms with Crippen LogP contribution in [0.5, 0.6) is 0 Å². The highest BCUT2D eigenvalue weighted by Gasteiger charge is 2.23. The Morgan fingerprint density at radius 2 is 2.06 bits per heavy atom. The van der Waals surface area contributed by atoms with Crippen molar-refractivity contribution in [1.29, 1.82) is 5.26 Å². The first-order chi connectivity index (χ1) is 7.65. The van der Waals surface area contributed by atoms with Gasteiger partial charge in [-0.3, -0.25) is 9.69 Å². The number of nitriles is 1. The van der Waals surface area contributed by atoms with Gasteiger partial charge in [-0.2, -0.15) is 5.26 Å². The molecule has 1 heterocycles. The van der Waals surface area contributed by atoms with Crippen molar-refractivity contribution in [2.24, 2.45) is 0 Å². The molecule has 0 spiro atoms. The van der Waals surface area contributed by atoms with E-state index in [4.69, 9.17) is 5.26 Å². The van der Waals surface area contributed by atoms with Gasteiger partial charge in [0.25, 0.3) is 5.91 Å². The van der Waals surface area contributed by atoms with Gasteiger partial charge in [0.1, 0.15) is 6.10 Å². The average molecular weight is 225 g/mol. The Balaban J connectivity index is 2.24. The molecule has 0 aromatic carbocycles. The fraction of sp³-hybridized carbons (Fsp3) is 0.818. The molecule has 1 unspecified atom stereocenters. The Kier molecular flexibility index (Phi) is 5.23. The van der Waals surface area contributed by atoms with Gasteiger partial charge < -0.3 is 10.0 Å². The fourth-order valence-corrected chi connectivity index (χ4v) is 1.84. The quantitative estimate of drug-likeness (QED) is 0.674. The van der Waals surface area contributed by atoms with E-state index >= 15 is 0 Å². The molecule has 1 amide bonds. The fourth-order valence-electron chi connectivity index (χ4n) is 1.84. The van der Waals surface area contributed by atoms with Crippen LogP contribution in [0.4, 0.5) is 0 Å². The number of carbonyl (C=O) groups excluding carboxylic acids is 1. The Labute approximate surface area is 96.3 Å². The Hall–Kier alpha value is -1.12. The second kappa shape index (κ2) is 6.46. The van der Waals surface area contributed by atoms with E-state index in [1.54, 1.807) is 4.90 Å². The number of aliphatic hydroxyl groups excluding tert-OH is 1. The van der Waals surface area contributed by atoms with Gasteiger partial charge in [0.2, 0.25) is 0 Å². The molecule has 1 atom stereocenters. The predicted octanol–water partition coefficient (Wildman–Crippen LogP) is -0.185. The Morgan fingerprint density at radius 3 is 2.56 bits per heavy atom. The van der Waals surface area contributed by atoms with Crippen molar-refractivity contribution in [2.75, 3.05) is 32.7 Å². The summed E-state index contributed by atoms with van der Waals surface area (Å²) < 4.78 is 0. The normalized spacial score (nSPS) is 19.2. The van der Waals surface area contributed by atoms with Crippen LogP contribution < -0.4 is 0 Å². The van der Waals surface area contributed by atoms with E-state index in [9.17, 15) is 9.90 Å². The minimum atomic E-state index is -0.898. The van der Waals surface area contributed by atoms with Crippen LogP contribution in [-0.4, -0.2) is 59.6 Å². The maximum atomic E-state index is 11.5. The summed E-state index contributed by atoms with van der Waals surface area (Å²) in [6.07, 6.45) is 0.582. The van der Waals surface area contributed by atoms with Gasteiger partial charge in [0.15, 0.2) is 0 Å². The number of rotatable bonds is 4. The zero-order valence-electron chi connectivity index (χ0n) is 9.72. The SMILES string of the molecule is CC(O)C(=O)N1CCN(CCCC#N)CC1. The zero-order valence-corrected chi connectivity index (χ0v) is 9.72. The summed E-state index contributed by atoms with van der Waals surface area (Å²) >= 11 is 0. The monoisotopic (exact) mass is 225 g/mol. The van der Waals surface area contributed by atoms with E-state index in [-0.39, 0.29) is 5.91 Å². The Bertz CT molecular complexity index is 265. The first-order valence-corrected chi connectivity index (χ1v) is 5.71. The predicted molar refractivity (Wildman–Crippen MR) is 59.5 cm³/mol. The molecule has 1 saturated heterocycles. The second-order valence-electron chi connectivity index (χ2n) is 4.10. The molecule has 16 heavy (non-hydrogen) atoms. The largest absolute Gasteiger partial charge is 0.384 e. The van der Waals surface area contributed by atoms with E-state index in [1.807, 2.05) is 0 Å².